The molecule has 1 aliphatic carbocycles. The molecule has 8 nitrogen and oxygen atoms in total. The zero-order valence-electron chi connectivity index (χ0n) is 22.7. The van der Waals surface area contributed by atoms with Crippen molar-refractivity contribution in [2.45, 2.75) is 70.4 Å². The standard InChI is InChI=1S/C29H45N5O3/c1-32(2)17-8-4-7-11-26(35)34-18-12-25(31-28(37)33-19-15-29(13-14-29)16-20-33)24(22-34)27(36)30-21-23-9-5-3-6-10-23/h3,5-6,9-10,24-25H,4,7-8,11-22H2,1-2H3,(H,30,36)(H,31,37)/t24-,25+/m0/s1. The summed E-state index contributed by atoms with van der Waals surface area (Å²) in [4.78, 5) is 45.3. The molecule has 3 aliphatic rings. The third-order valence-electron chi connectivity index (χ3n) is 8.49. The summed E-state index contributed by atoms with van der Waals surface area (Å²) in [5.74, 6) is -0.451. The van der Waals surface area contributed by atoms with Gasteiger partial charge in [0.1, 0.15) is 0 Å². The molecule has 2 saturated heterocycles. The Morgan fingerprint density at radius 1 is 0.946 bits per heavy atom. The van der Waals surface area contributed by atoms with Crippen molar-refractivity contribution in [2.75, 3.05) is 46.8 Å². The first kappa shape index (κ1) is 27.4. The van der Waals surface area contributed by atoms with Gasteiger partial charge in [-0.2, -0.15) is 0 Å². The predicted octanol–water partition coefficient (Wildman–Crippen LogP) is 3.23. The molecule has 1 saturated carbocycles. The second-order valence-corrected chi connectivity index (χ2v) is 11.6. The van der Waals surface area contributed by atoms with Crippen molar-refractivity contribution in [2.24, 2.45) is 11.3 Å². The van der Waals surface area contributed by atoms with E-state index in [2.05, 4.69) is 29.6 Å². The predicted molar refractivity (Wildman–Crippen MR) is 145 cm³/mol. The van der Waals surface area contributed by atoms with Crippen molar-refractivity contribution < 1.29 is 14.4 Å². The highest BCUT2D eigenvalue weighted by molar-refractivity contribution is 5.83. The molecule has 4 amide bonds. The van der Waals surface area contributed by atoms with Crippen molar-refractivity contribution in [1.29, 1.82) is 0 Å². The lowest BCUT2D eigenvalue weighted by Gasteiger charge is -2.40. The van der Waals surface area contributed by atoms with Crippen LogP contribution >= 0.6 is 0 Å². The number of benzene rings is 1. The van der Waals surface area contributed by atoms with Crippen LogP contribution in [0.5, 0.6) is 0 Å². The van der Waals surface area contributed by atoms with Gasteiger partial charge in [0.25, 0.3) is 0 Å². The average Bonchev–Trinajstić information content (AvgIpc) is 3.66. The largest absolute Gasteiger partial charge is 0.352 e. The highest BCUT2D eigenvalue weighted by Crippen LogP contribution is 2.53. The van der Waals surface area contributed by atoms with Gasteiger partial charge in [0, 0.05) is 45.2 Å². The fraction of sp³-hybridized carbons (Fsp3) is 0.690. The molecule has 37 heavy (non-hydrogen) atoms. The number of nitrogens with zero attached hydrogens (tertiary/aromatic N) is 3. The first-order valence-electron chi connectivity index (χ1n) is 14.1. The summed E-state index contributed by atoms with van der Waals surface area (Å²) >= 11 is 0. The number of hydrogen-bond acceptors (Lipinski definition) is 4. The summed E-state index contributed by atoms with van der Waals surface area (Å²) in [6.07, 6.45) is 8.85. The number of nitrogens with one attached hydrogen (secondary N) is 2. The smallest absolute Gasteiger partial charge is 0.317 e. The Morgan fingerprint density at radius 2 is 1.68 bits per heavy atom. The number of unbranched alkanes of at least 4 members (excludes halogenated alkanes) is 2. The third kappa shape index (κ3) is 7.94. The van der Waals surface area contributed by atoms with E-state index in [-0.39, 0.29) is 23.9 Å². The number of hydrogen-bond donors (Lipinski definition) is 2. The molecule has 204 valence electrons. The SMILES string of the molecule is CN(C)CCCCCC(=O)N1CC[C@@H](NC(=O)N2CCC3(CC2)CC3)[C@@H](C(=O)NCc2ccccc2)C1. The van der Waals surface area contributed by atoms with Crippen LogP contribution in [-0.4, -0.2) is 85.4 Å². The zero-order chi connectivity index (χ0) is 26.3. The molecule has 2 N–H and O–H groups in total. The molecule has 0 radical (unpaired) electrons. The maximum absolute atomic E-state index is 13.3. The van der Waals surface area contributed by atoms with Crippen LogP contribution < -0.4 is 10.6 Å². The number of likely N-dealkylation sites (tertiary alicyclic amines) is 2. The molecule has 1 spiro atoms. The number of urea groups is 1. The monoisotopic (exact) mass is 511 g/mol. The molecule has 4 rings (SSSR count). The molecule has 8 heteroatoms. The normalized spacial score (nSPS) is 22.7. The van der Waals surface area contributed by atoms with Crippen molar-refractivity contribution in [1.82, 2.24) is 25.3 Å². The second kappa shape index (κ2) is 12.8. The second-order valence-electron chi connectivity index (χ2n) is 11.6. The van der Waals surface area contributed by atoms with E-state index in [0.29, 0.717) is 37.9 Å². The maximum Gasteiger partial charge on any atom is 0.317 e. The highest BCUT2D eigenvalue weighted by atomic mass is 16.2. The molecule has 1 aromatic carbocycles. The number of carbonyl (C=O) groups excluding carboxylic acids is 3. The number of amides is 4. The van der Waals surface area contributed by atoms with E-state index in [1.165, 1.54) is 12.8 Å². The summed E-state index contributed by atoms with van der Waals surface area (Å²) in [6.45, 7) is 3.98. The molecule has 0 aromatic heterocycles. The van der Waals surface area contributed by atoms with E-state index < -0.39 is 5.92 Å². The summed E-state index contributed by atoms with van der Waals surface area (Å²) in [5.41, 5.74) is 1.54. The molecule has 2 aliphatic heterocycles. The van der Waals surface area contributed by atoms with E-state index >= 15 is 0 Å². The molecular formula is C29H45N5O3. The van der Waals surface area contributed by atoms with Gasteiger partial charge in [0.2, 0.25) is 11.8 Å². The van der Waals surface area contributed by atoms with E-state index in [1.807, 2.05) is 40.1 Å². The van der Waals surface area contributed by atoms with Crippen molar-refractivity contribution >= 4 is 17.8 Å². The molecule has 1 aromatic rings. The maximum atomic E-state index is 13.3. The fourth-order valence-corrected chi connectivity index (χ4v) is 5.68. The van der Waals surface area contributed by atoms with Crippen LogP contribution in [0.15, 0.2) is 30.3 Å². The Morgan fingerprint density at radius 3 is 2.35 bits per heavy atom. The Kier molecular flexibility index (Phi) is 9.46. The minimum atomic E-state index is -0.460. The lowest BCUT2D eigenvalue weighted by molar-refractivity contribution is -0.136. The van der Waals surface area contributed by atoms with Crippen molar-refractivity contribution in [3.63, 3.8) is 0 Å². The van der Waals surface area contributed by atoms with Crippen LogP contribution in [-0.2, 0) is 16.1 Å². The topological polar surface area (TPSA) is 85.0 Å². The van der Waals surface area contributed by atoms with Crippen LogP contribution in [0.2, 0.25) is 0 Å². The summed E-state index contributed by atoms with van der Waals surface area (Å²) < 4.78 is 0. The lowest BCUT2D eigenvalue weighted by atomic mass is 9.90. The van der Waals surface area contributed by atoms with Crippen molar-refractivity contribution in [3.8, 4) is 0 Å². The molecule has 0 bridgehead atoms. The minimum Gasteiger partial charge on any atom is -0.352 e. The van der Waals surface area contributed by atoms with Gasteiger partial charge in [-0.1, -0.05) is 36.8 Å². The minimum absolute atomic E-state index is 0.0676. The number of rotatable bonds is 10. The van der Waals surface area contributed by atoms with Gasteiger partial charge >= 0.3 is 6.03 Å². The highest BCUT2D eigenvalue weighted by Gasteiger charge is 2.45. The summed E-state index contributed by atoms with van der Waals surface area (Å²) in [5, 5.41) is 6.23. The van der Waals surface area contributed by atoms with Crippen LogP contribution in [0.1, 0.15) is 63.4 Å². The van der Waals surface area contributed by atoms with Gasteiger partial charge in [-0.3, -0.25) is 9.59 Å². The van der Waals surface area contributed by atoms with Gasteiger partial charge < -0.3 is 25.3 Å². The quantitative estimate of drug-likeness (QED) is 0.473. The Labute approximate surface area is 222 Å². The van der Waals surface area contributed by atoms with E-state index in [9.17, 15) is 14.4 Å². The number of piperidine rings is 2. The first-order chi connectivity index (χ1) is 17.8. The first-order valence-corrected chi connectivity index (χ1v) is 14.1. The van der Waals surface area contributed by atoms with E-state index in [1.54, 1.807) is 0 Å². The Bertz CT molecular complexity index is 907. The van der Waals surface area contributed by atoms with E-state index in [0.717, 1.165) is 57.3 Å². The van der Waals surface area contributed by atoms with Gasteiger partial charge in [0.15, 0.2) is 0 Å². The van der Waals surface area contributed by atoms with Gasteiger partial charge in [0.05, 0.1) is 5.92 Å². The summed E-state index contributed by atoms with van der Waals surface area (Å²) in [6, 6.07) is 9.48. The molecule has 0 unspecified atom stereocenters. The third-order valence-corrected chi connectivity index (χ3v) is 8.49. The summed E-state index contributed by atoms with van der Waals surface area (Å²) in [7, 11) is 4.12. The zero-order valence-corrected chi connectivity index (χ0v) is 22.7. The van der Waals surface area contributed by atoms with Crippen LogP contribution in [0.25, 0.3) is 0 Å². The number of carbonyl (C=O) groups is 3. The molecule has 2 heterocycles. The van der Waals surface area contributed by atoms with Crippen LogP contribution in [0.4, 0.5) is 4.79 Å². The molecular weight excluding hydrogens is 466 g/mol. The van der Waals surface area contributed by atoms with Gasteiger partial charge in [-0.15, -0.1) is 0 Å². The van der Waals surface area contributed by atoms with Gasteiger partial charge in [-0.05, 0) is 76.6 Å². The Balaban J connectivity index is 1.32. The molecule has 2 atom stereocenters. The van der Waals surface area contributed by atoms with Gasteiger partial charge in [-0.25, -0.2) is 4.79 Å². The lowest BCUT2D eigenvalue weighted by Crippen LogP contribution is -2.59. The van der Waals surface area contributed by atoms with Crippen LogP contribution in [0, 0.1) is 11.3 Å². The fourth-order valence-electron chi connectivity index (χ4n) is 5.68. The van der Waals surface area contributed by atoms with Crippen LogP contribution in [0.3, 0.4) is 0 Å². The van der Waals surface area contributed by atoms with Crippen molar-refractivity contribution in [3.05, 3.63) is 35.9 Å². The average molecular weight is 512 g/mol. The molecule has 3 fully saturated rings. The Hall–Kier alpha value is -2.61. The van der Waals surface area contributed by atoms with E-state index in [4.69, 9.17) is 0 Å².